The van der Waals surface area contributed by atoms with Crippen LogP contribution in [0.1, 0.15) is 69.1 Å². The van der Waals surface area contributed by atoms with E-state index in [1.54, 1.807) is 44.8 Å². The van der Waals surface area contributed by atoms with E-state index < -0.39 is 11.6 Å². The van der Waals surface area contributed by atoms with E-state index in [-0.39, 0.29) is 30.0 Å². The number of aromatic nitrogens is 3. The first-order chi connectivity index (χ1) is 21.8. The molecule has 1 unspecified atom stereocenters. The second-order valence-corrected chi connectivity index (χ2v) is 13.9. The van der Waals surface area contributed by atoms with Crippen LogP contribution in [0.5, 0.6) is 0 Å². The van der Waals surface area contributed by atoms with Gasteiger partial charge in [0, 0.05) is 49.5 Å². The highest BCUT2D eigenvalue weighted by Crippen LogP contribution is 2.29. The Bertz CT molecular complexity index is 1580. The van der Waals surface area contributed by atoms with Crippen molar-refractivity contribution in [2.24, 2.45) is 0 Å². The summed E-state index contributed by atoms with van der Waals surface area (Å²) in [6.45, 7) is 12.4. The summed E-state index contributed by atoms with van der Waals surface area (Å²) in [5.41, 5.74) is 2.13. The highest BCUT2D eigenvalue weighted by atomic mass is 35.5. The Morgan fingerprint density at radius 3 is 2.43 bits per heavy atom. The summed E-state index contributed by atoms with van der Waals surface area (Å²) < 4.78 is 7.29. The van der Waals surface area contributed by atoms with Crippen molar-refractivity contribution in [3.05, 3.63) is 75.5 Å². The number of anilines is 1. The van der Waals surface area contributed by atoms with Crippen LogP contribution in [0.15, 0.2) is 48.7 Å². The number of nitrogens with zero attached hydrogens (tertiary/aromatic N) is 6. The number of benzene rings is 2. The number of halogens is 2. The van der Waals surface area contributed by atoms with Crippen molar-refractivity contribution in [2.45, 2.75) is 84.3 Å². The molecule has 246 valence electrons. The maximum Gasteiger partial charge on any atom is 0.410 e. The van der Waals surface area contributed by atoms with E-state index in [1.807, 2.05) is 39.1 Å². The topological polar surface area (TPSA) is 113 Å². The number of nitrogens with one attached hydrogen (secondary N) is 1. The number of rotatable bonds is 7. The fraction of sp³-hybridized carbons (Fsp3) is 0.485. The second-order valence-electron chi connectivity index (χ2n) is 13.1. The van der Waals surface area contributed by atoms with Crippen molar-refractivity contribution < 1.29 is 19.1 Å². The van der Waals surface area contributed by atoms with Gasteiger partial charge in [-0.05, 0) is 77.3 Å². The van der Waals surface area contributed by atoms with Gasteiger partial charge in [0.1, 0.15) is 11.6 Å². The minimum absolute atomic E-state index is 0.0981. The van der Waals surface area contributed by atoms with E-state index in [9.17, 15) is 14.4 Å². The molecule has 3 amide bonds. The van der Waals surface area contributed by atoms with Crippen LogP contribution in [0.3, 0.4) is 0 Å². The molecule has 11 nitrogen and oxygen atoms in total. The molecule has 0 spiro atoms. The number of piperazine rings is 1. The third kappa shape index (κ3) is 8.00. The quantitative estimate of drug-likeness (QED) is 0.359. The average molecular weight is 671 g/mol. The van der Waals surface area contributed by atoms with Gasteiger partial charge in [0.2, 0.25) is 5.91 Å². The molecule has 1 aromatic heterocycles. The number of amides is 3. The average Bonchev–Trinajstić information content (AvgIpc) is 3.43. The number of piperidine rings is 1. The monoisotopic (exact) mass is 669 g/mol. The van der Waals surface area contributed by atoms with Crippen LogP contribution in [0, 0.1) is 0 Å². The molecule has 3 atom stereocenters. The minimum Gasteiger partial charge on any atom is -0.444 e. The lowest BCUT2D eigenvalue weighted by molar-refractivity contribution is -0.121. The summed E-state index contributed by atoms with van der Waals surface area (Å²) in [7, 11) is 0. The van der Waals surface area contributed by atoms with E-state index in [0.717, 1.165) is 17.7 Å². The number of hydrogen-bond acceptors (Lipinski definition) is 7. The van der Waals surface area contributed by atoms with Crippen LogP contribution in [0.4, 0.5) is 10.5 Å². The van der Waals surface area contributed by atoms with E-state index in [1.165, 1.54) is 0 Å². The first-order valence-electron chi connectivity index (χ1n) is 15.6. The Balaban J connectivity index is 1.21. The highest BCUT2D eigenvalue weighted by molar-refractivity contribution is 6.42. The fourth-order valence-electron chi connectivity index (χ4n) is 6.03. The molecule has 1 N–H and O–H groups in total. The van der Waals surface area contributed by atoms with E-state index in [2.05, 4.69) is 34.4 Å². The van der Waals surface area contributed by atoms with Crippen LogP contribution < -0.4 is 10.2 Å². The van der Waals surface area contributed by atoms with Crippen molar-refractivity contribution in [3.63, 3.8) is 0 Å². The van der Waals surface area contributed by atoms with Gasteiger partial charge in [-0.2, -0.15) is 0 Å². The zero-order valence-electron chi connectivity index (χ0n) is 26.9. The lowest BCUT2D eigenvalue weighted by Gasteiger charge is -2.44. The first kappa shape index (κ1) is 33.7. The van der Waals surface area contributed by atoms with E-state index >= 15 is 0 Å². The first-order valence-corrected chi connectivity index (χ1v) is 16.3. The van der Waals surface area contributed by atoms with Crippen molar-refractivity contribution >= 4 is 46.8 Å². The van der Waals surface area contributed by atoms with Crippen LogP contribution in [-0.4, -0.2) is 86.1 Å². The largest absolute Gasteiger partial charge is 0.444 e. The van der Waals surface area contributed by atoms with Gasteiger partial charge in [-0.3, -0.25) is 14.5 Å². The van der Waals surface area contributed by atoms with Gasteiger partial charge in [0.15, 0.2) is 0 Å². The third-order valence-electron chi connectivity index (χ3n) is 8.24. The summed E-state index contributed by atoms with van der Waals surface area (Å²) in [6, 6.07) is 11.9. The summed E-state index contributed by atoms with van der Waals surface area (Å²) in [5.74, 6) is -0.512. The summed E-state index contributed by atoms with van der Waals surface area (Å²) >= 11 is 12.3. The maximum absolute atomic E-state index is 13.5. The normalized spacial score (nSPS) is 20.9. The van der Waals surface area contributed by atoms with Crippen molar-refractivity contribution in [2.75, 3.05) is 24.5 Å². The standard InChI is InChI=1S/C33H41Cl2N7O4/c1-21-16-39(32(45)46-33(3,4)5)17-22(2)42(21)20-24-19-40(38-37-24)18-23-9-6-7-10-26(23)30(43)36-29-11-8-14-41(31(29)44)25-12-13-27(34)28(35)15-25/h6-7,9-10,12-13,15,19,21-22,29H,8,11,14,16-18,20H2,1-5H3,(H,36,43)/t21-,22+,29?. The molecule has 13 heteroatoms. The molecule has 2 aromatic carbocycles. The molecule has 0 saturated carbocycles. The van der Waals surface area contributed by atoms with Gasteiger partial charge in [0.25, 0.3) is 5.91 Å². The Morgan fingerprint density at radius 1 is 1.02 bits per heavy atom. The Kier molecular flexibility index (Phi) is 10.2. The second kappa shape index (κ2) is 14.0. The van der Waals surface area contributed by atoms with E-state index in [4.69, 9.17) is 27.9 Å². The molecule has 0 bridgehead atoms. The van der Waals surface area contributed by atoms with Crippen molar-refractivity contribution in [3.8, 4) is 0 Å². The van der Waals surface area contributed by atoms with Crippen LogP contribution in [-0.2, 0) is 22.6 Å². The summed E-state index contributed by atoms with van der Waals surface area (Å²) in [4.78, 5) is 45.2. The molecule has 3 aromatic rings. The summed E-state index contributed by atoms with van der Waals surface area (Å²) in [6.07, 6.45) is 2.86. The van der Waals surface area contributed by atoms with Crippen LogP contribution in [0.2, 0.25) is 10.0 Å². The molecule has 2 fully saturated rings. The van der Waals surface area contributed by atoms with Crippen LogP contribution >= 0.6 is 23.2 Å². The molecule has 0 radical (unpaired) electrons. The van der Waals surface area contributed by atoms with Crippen molar-refractivity contribution in [1.82, 2.24) is 30.1 Å². The SMILES string of the molecule is C[C@@H]1CN(C(=O)OC(C)(C)C)C[C@H](C)N1Cc1cn(Cc2ccccc2C(=O)NC2CCCN(c3ccc(Cl)c(Cl)c3)C2=O)nn1. The highest BCUT2D eigenvalue weighted by Gasteiger charge is 2.35. The lowest BCUT2D eigenvalue weighted by atomic mass is 10.0. The smallest absolute Gasteiger partial charge is 0.410 e. The van der Waals surface area contributed by atoms with Gasteiger partial charge < -0.3 is 19.9 Å². The van der Waals surface area contributed by atoms with Gasteiger partial charge in [-0.25, -0.2) is 9.48 Å². The molecule has 2 saturated heterocycles. The van der Waals surface area contributed by atoms with Crippen molar-refractivity contribution in [1.29, 1.82) is 0 Å². The Hall–Kier alpha value is -3.67. The number of ether oxygens (including phenoxy) is 1. The van der Waals surface area contributed by atoms with Gasteiger partial charge in [-0.1, -0.05) is 46.6 Å². The molecular formula is C33H41Cl2N7O4. The van der Waals surface area contributed by atoms with Gasteiger partial charge in [-0.15, -0.1) is 5.10 Å². The molecular weight excluding hydrogens is 629 g/mol. The number of hydrogen-bond donors (Lipinski definition) is 1. The zero-order chi connectivity index (χ0) is 33.2. The lowest BCUT2D eigenvalue weighted by Crippen LogP contribution is -2.58. The number of carbonyl (C=O) groups excluding carboxylic acids is 3. The molecule has 2 aliphatic rings. The van der Waals surface area contributed by atoms with Crippen LogP contribution in [0.25, 0.3) is 0 Å². The summed E-state index contributed by atoms with van der Waals surface area (Å²) in [5, 5.41) is 12.5. The Morgan fingerprint density at radius 2 is 1.74 bits per heavy atom. The van der Waals surface area contributed by atoms with Gasteiger partial charge >= 0.3 is 6.09 Å². The zero-order valence-corrected chi connectivity index (χ0v) is 28.4. The molecule has 3 heterocycles. The maximum atomic E-state index is 13.5. The predicted molar refractivity (Wildman–Crippen MR) is 177 cm³/mol. The van der Waals surface area contributed by atoms with E-state index in [0.29, 0.717) is 60.4 Å². The molecule has 0 aliphatic carbocycles. The molecule has 2 aliphatic heterocycles. The minimum atomic E-state index is -0.665. The molecule has 5 rings (SSSR count). The third-order valence-corrected chi connectivity index (χ3v) is 8.98. The van der Waals surface area contributed by atoms with Gasteiger partial charge in [0.05, 0.1) is 28.5 Å². The predicted octanol–water partition coefficient (Wildman–Crippen LogP) is 5.39. The molecule has 46 heavy (non-hydrogen) atoms. The number of carbonyl (C=O) groups is 3. The fourth-order valence-corrected chi connectivity index (χ4v) is 6.32. The Labute approximate surface area is 279 Å².